The monoisotopic (exact) mass is 165 g/mol. The van der Waals surface area contributed by atoms with Crippen LogP contribution in [0.2, 0.25) is 0 Å². The van der Waals surface area contributed by atoms with Crippen molar-refractivity contribution in [3.05, 3.63) is 0 Å². The van der Waals surface area contributed by atoms with Gasteiger partial charge in [-0.3, -0.25) is 9.59 Å². The molecule has 0 aliphatic carbocycles. The van der Waals surface area contributed by atoms with Gasteiger partial charge in [-0.2, -0.15) is 0 Å². The van der Waals surface area contributed by atoms with Crippen LogP contribution in [0.1, 0.15) is 13.8 Å². The van der Waals surface area contributed by atoms with Crippen molar-refractivity contribution in [2.75, 3.05) is 0 Å². The Balaban J connectivity index is 0. The first kappa shape index (κ1) is 10.6. The summed E-state index contributed by atoms with van der Waals surface area (Å²) in [6.45, 7) is 2.36. The Labute approximate surface area is 57.9 Å². The second kappa shape index (κ2) is 4.81. The Morgan fingerprint density at radius 2 is 1.38 bits per heavy atom. The fourth-order valence-electron chi connectivity index (χ4n) is 0.202. The molecule has 4 heteroatoms. The summed E-state index contributed by atoms with van der Waals surface area (Å²) >= 11 is 0. The Morgan fingerprint density at radius 1 is 1.12 bits per heavy atom. The van der Waals surface area contributed by atoms with Crippen molar-refractivity contribution in [3.63, 3.8) is 0 Å². The fourth-order valence-corrected chi connectivity index (χ4v) is 0.202. The third kappa shape index (κ3) is 9.18. The predicted octanol–water partition coefficient (Wildman–Crippen LogP) is 0.0935. The maximum Gasteiger partial charge on any atom is 0.310 e. The molecule has 0 aliphatic heterocycles. The predicted molar refractivity (Wildman–Crippen MR) is 22.4 cm³/mol. The van der Waals surface area contributed by atoms with Gasteiger partial charge in [-0.1, -0.05) is 0 Å². The molecule has 0 atom stereocenters. The standard InChI is InChI=1S/C4H6O3.Cu/c1-3(5)7-4(2)6;/h1-2H3;. The van der Waals surface area contributed by atoms with Crippen LogP contribution in [-0.2, 0) is 31.4 Å². The Kier molecular flexibility index (Phi) is 6.38. The molecule has 0 aliphatic rings. The maximum atomic E-state index is 9.81. The summed E-state index contributed by atoms with van der Waals surface area (Å²) in [5.74, 6) is -1.12. The van der Waals surface area contributed by atoms with Crippen LogP contribution < -0.4 is 0 Å². The number of hydrogen-bond donors (Lipinski definition) is 0. The molecule has 8 heavy (non-hydrogen) atoms. The Hall–Kier alpha value is -0.341. The maximum absolute atomic E-state index is 9.81. The van der Waals surface area contributed by atoms with Crippen molar-refractivity contribution in [1.29, 1.82) is 0 Å². The van der Waals surface area contributed by atoms with Crippen molar-refractivity contribution in [1.82, 2.24) is 0 Å². The molecular weight excluding hydrogens is 160 g/mol. The molecule has 0 N–H and O–H groups in total. The first-order valence-electron chi connectivity index (χ1n) is 1.82. The van der Waals surface area contributed by atoms with E-state index in [1.165, 1.54) is 13.8 Å². The van der Waals surface area contributed by atoms with E-state index in [1.807, 2.05) is 0 Å². The molecule has 0 saturated heterocycles. The van der Waals surface area contributed by atoms with Gasteiger partial charge in [0, 0.05) is 30.9 Å². The molecule has 0 aromatic heterocycles. The van der Waals surface area contributed by atoms with E-state index in [0.29, 0.717) is 0 Å². The molecule has 0 aromatic carbocycles. The topological polar surface area (TPSA) is 43.4 Å². The largest absolute Gasteiger partial charge is 0.394 e. The van der Waals surface area contributed by atoms with E-state index in [4.69, 9.17) is 0 Å². The average molecular weight is 166 g/mol. The first-order valence-corrected chi connectivity index (χ1v) is 1.82. The number of rotatable bonds is 0. The molecule has 0 heterocycles. The number of carbonyl (C=O) groups excluding carboxylic acids is 2. The van der Waals surface area contributed by atoms with Gasteiger partial charge >= 0.3 is 11.9 Å². The van der Waals surface area contributed by atoms with Gasteiger partial charge in [0.25, 0.3) is 0 Å². The normalized spacial score (nSPS) is 6.75. The second-order valence-corrected chi connectivity index (χ2v) is 1.09. The minimum atomic E-state index is -0.562. The van der Waals surface area contributed by atoms with Gasteiger partial charge in [0.15, 0.2) is 0 Å². The van der Waals surface area contributed by atoms with Gasteiger partial charge in [-0.05, 0) is 0 Å². The number of esters is 2. The van der Waals surface area contributed by atoms with Gasteiger partial charge in [-0.15, -0.1) is 0 Å². The van der Waals surface area contributed by atoms with Crippen LogP contribution in [0.3, 0.4) is 0 Å². The van der Waals surface area contributed by atoms with Crippen LogP contribution in [0.4, 0.5) is 0 Å². The summed E-state index contributed by atoms with van der Waals surface area (Å²) < 4.78 is 3.97. The van der Waals surface area contributed by atoms with E-state index in [1.54, 1.807) is 0 Å². The van der Waals surface area contributed by atoms with E-state index in [-0.39, 0.29) is 17.1 Å². The third-order valence-electron chi connectivity index (χ3n) is 0.287. The van der Waals surface area contributed by atoms with Gasteiger partial charge in [0.2, 0.25) is 0 Å². The summed E-state index contributed by atoms with van der Waals surface area (Å²) in [4.78, 5) is 19.6. The Morgan fingerprint density at radius 3 is 1.38 bits per heavy atom. The molecule has 0 amide bonds. The van der Waals surface area contributed by atoms with E-state index in [2.05, 4.69) is 4.74 Å². The SMILES string of the molecule is CC(=O)OC(C)=O.[Cu]. The molecular formula is C4H6CuO3. The molecule has 0 fully saturated rings. The summed E-state index contributed by atoms with van der Waals surface area (Å²) in [5.41, 5.74) is 0. The molecule has 3 nitrogen and oxygen atoms in total. The molecule has 0 spiro atoms. The summed E-state index contributed by atoms with van der Waals surface area (Å²) in [5, 5.41) is 0. The van der Waals surface area contributed by atoms with Crippen molar-refractivity contribution in [2.45, 2.75) is 13.8 Å². The van der Waals surface area contributed by atoms with Crippen molar-refractivity contribution in [3.8, 4) is 0 Å². The van der Waals surface area contributed by atoms with Crippen LogP contribution in [-0.4, -0.2) is 11.9 Å². The smallest absolute Gasteiger partial charge is 0.310 e. The third-order valence-corrected chi connectivity index (χ3v) is 0.287. The first-order chi connectivity index (χ1) is 3.13. The molecule has 0 saturated carbocycles. The summed E-state index contributed by atoms with van der Waals surface area (Å²) in [6, 6.07) is 0. The van der Waals surface area contributed by atoms with Gasteiger partial charge in [0.1, 0.15) is 0 Å². The second-order valence-electron chi connectivity index (χ2n) is 1.09. The minimum Gasteiger partial charge on any atom is -0.394 e. The van der Waals surface area contributed by atoms with Crippen molar-refractivity contribution in [2.24, 2.45) is 0 Å². The van der Waals surface area contributed by atoms with Gasteiger partial charge in [0.05, 0.1) is 0 Å². The van der Waals surface area contributed by atoms with Crippen LogP contribution in [0.15, 0.2) is 0 Å². The van der Waals surface area contributed by atoms with Crippen LogP contribution >= 0.6 is 0 Å². The van der Waals surface area contributed by atoms with Gasteiger partial charge < -0.3 is 4.74 Å². The zero-order valence-electron chi connectivity index (χ0n) is 4.53. The van der Waals surface area contributed by atoms with Crippen LogP contribution in [0.5, 0.6) is 0 Å². The van der Waals surface area contributed by atoms with Crippen LogP contribution in [0.25, 0.3) is 0 Å². The summed E-state index contributed by atoms with van der Waals surface area (Å²) in [6.07, 6.45) is 0. The molecule has 0 rings (SSSR count). The van der Waals surface area contributed by atoms with Crippen LogP contribution in [0, 0.1) is 0 Å². The zero-order chi connectivity index (χ0) is 5.86. The number of carbonyl (C=O) groups is 2. The molecule has 51 valence electrons. The average Bonchev–Trinajstić information content (AvgIpc) is 1.27. The quantitative estimate of drug-likeness (QED) is 0.290. The molecule has 0 unspecified atom stereocenters. The molecule has 0 aromatic rings. The van der Waals surface area contributed by atoms with Crippen molar-refractivity contribution < 1.29 is 31.4 Å². The molecule has 1 radical (unpaired) electrons. The zero-order valence-corrected chi connectivity index (χ0v) is 5.47. The Bertz CT molecular complexity index is 87.5. The van der Waals surface area contributed by atoms with E-state index >= 15 is 0 Å². The van der Waals surface area contributed by atoms with E-state index in [0.717, 1.165) is 0 Å². The van der Waals surface area contributed by atoms with Gasteiger partial charge in [-0.25, -0.2) is 0 Å². The number of ether oxygens (including phenoxy) is 1. The number of hydrogen-bond acceptors (Lipinski definition) is 3. The fraction of sp³-hybridized carbons (Fsp3) is 0.500. The van der Waals surface area contributed by atoms with E-state index < -0.39 is 11.9 Å². The summed E-state index contributed by atoms with van der Waals surface area (Å²) in [7, 11) is 0. The molecule has 0 bridgehead atoms. The van der Waals surface area contributed by atoms with Crippen molar-refractivity contribution >= 4 is 11.9 Å². The minimum absolute atomic E-state index is 0. The van der Waals surface area contributed by atoms with E-state index in [9.17, 15) is 9.59 Å².